The lowest BCUT2D eigenvalue weighted by Crippen LogP contribution is -2.08. The Balaban J connectivity index is 1.69. The Bertz CT molecular complexity index is 927. The molecule has 0 aliphatic rings. The molecular formula is C17H17N3O5S. The molecule has 3 rings (SSSR count). The second-order valence-corrected chi connectivity index (χ2v) is 6.33. The van der Waals surface area contributed by atoms with E-state index in [2.05, 4.69) is 15.2 Å². The zero-order chi connectivity index (χ0) is 18.7. The van der Waals surface area contributed by atoms with Gasteiger partial charge in [0.2, 0.25) is 0 Å². The molecule has 26 heavy (non-hydrogen) atoms. The van der Waals surface area contributed by atoms with Crippen LogP contribution in [0.15, 0.2) is 32.5 Å². The molecule has 0 saturated heterocycles. The summed E-state index contributed by atoms with van der Waals surface area (Å²) in [4.78, 5) is 27.5. The van der Waals surface area contributed by atoms with Crippen LogP contribution in [0.5, 0.6) is 0 Å². The number of nitrogens with one attached hydrogen (secondary N) is 1. The molecule has 0 aromatic carbocycles. The van der Waals surface area contributed by atoms with Crippen molar-refractivity contribution >= 4 is 23.5 Å². The van der Waals surface area contributed by atoms with Crippen LogP contribution < -0.4 is 0 Å². The molecule has 0 amide bonds. The number of aromatic nitrogens is 3. The highest BCUT2D eigenvalue weighted by Gasteiger charge is 2.23. The van der Waals surface area contributed by atoms with Crippen molar-refractivity contribution in [3.05, 3.63) is 40.9 Å². The topological polar surface area (TPSA) is 111 Å². The third-order valence-electron chi connectivity index (χ3n) is 3.66. The van der Waals surface area contributed by atoms with Gasteiger partial charge in [0.15, 0.2) is 11.5 Å². The Labute approximate surface area is 153 Å². The van der Waals surface area contributed by atoms with Gasteiger partial charge in [0, 0.05) is 5.69 Å². The molecule has 9 heteroatoms. The first kappa shape index (κ1) is 18.0. The summed E-state index contributed by atoms with van der Waals surface area (Å²) in [5.74, 6) is 0.185. The molecule has 0 spiro atoms. The number of H-pyrrole nitrogens is 1. The summed E-state index contributed by atoms with van der Waals surface area (Å²) in [5, 5.41) is 8.02. The fourth-order valence-corrected chi connectivity index (χ4v) is 3.14. The van der Waals surface area contributed by atoms with Crippen molar-refractivity contribution in [1.29, 1.82) is 0 Å². The summed E-state index contributed by atoms with van der Waals surface area (Å²) < 4.78 is 15.7. The number of furan rings is 1. The molecule has 1 N–H and O–H groups in total. The van der Waals surface area contributed by atoms with Gasteiger partial charge in [0.1, 0.15) is 0 Å². The molecule has 8 nitrogen and oxygen atoms in total. The summed E-state index contributed by atoms with van der Waals surface area (Å²) in [6.07, 6.45) is 1.51. The number of rotatable bonds is 7. The molecule has 0 bridgehead atoms. The minimum absolute atomic E-state index is 0.0862. The largest absolute Gasteiger partial charge is 0.462 e. The van der Waals surface area contributed by atoms with Gasteiger partial charge in [-0.2, -0.15) is 0 Å². The number of aromatic amines is 1. The van der Waals surface area contributed by atoms with Crippen LogP contribution in [-0.4, -0.2) is 39.3 Å². The van der Waals surface area contributed by atoms with E-state index in [9.17, 15) is 9.59 Å². The first-order valence-electron chi connectivity index (χ1n) is 7.91. The molecule has 0 atom stereocenters. The van der Waals surface area contributed by atoms with E-state index in [-0.39, 0.29) is 29.3 Å². The maximum absolute atomic E-state index is 12.5. The minimum atomic E-state index is -0.439. The average Bonchev–Trinajstić information content (AvgIpc) is 3.32. The lowest BCUT2D eigenvalue weighted by Gasteiger charge is -2.02. The molecule has 0 aliphatic carbocycles. The van der Waals surface area contributed by atoms with Crippen LogP contribution in [0.25, 0.3) is 11.7 Å². The van der Waals surface area contributed by atoms with Crippen LogP contribution in [-0.2, 0) is 4.74 Å². The Morgan fingerprint density at radius 1 is 1.31 bits per heavy atom. The predicted molar refractivity (Wildman–Crippen MR) is 93.3 cm³/mol. The van der Waals surface area contributed by atoms with Crippen LogP contribution in [0, 0.1) is 13.8 Å². The van der Waals surface area contributed by atoms with E-state index in [0.717, 1.165) is 11.8 Å². The first-order chi connectivity index (χ1) is 12.5. The Morgan fingerprint density at radius 2 is 2.12 bits per heavy atom. The average molecular weight is 375 g/mol. The summed E-state index contributed by atoms with van der Waals surface area (Å²) >= 11 is 1.12. The van der Waals surface area contributed by atoms with Crippen LogP contribution in [0.4, 0.5) is 0 Å². The van der Waals surface area contributed by atoms with E-state index in [1.54, 1.807) is 32.9 Å². The zero-order valence-corrected chi connectivity index (χ0v) is 15.3. The van der Waals surface area contributed by atoms with Crippen molar-refractivity contribution in [2.45, 2.75) is 26.0 Å². The van der Waals surface area contributed by atoms with E-state index in [1.165, 1.54) is 6.26 Å². The predicted octanol–water partition coefficient (Wildman–Crippen LogP) is 3.43. The number of hydrogen-bond acceptors (Lipinski definition) is 8. The number of Topliss-reactive ketones (excluding diaryl/α,β-unsaturated/α-hetero) is 1. The van der Waals surface area contributed by atoms with Crippen molar-refractivity contribution < 1.29 is 23.2 Å². The number of carbonyl (C=O) groups excluding carboxylic acids is 2. The van der Waals surface area contributed by atoms with Gasteiger partial charge < -0.3 is 18.6 Å². The number of aryl methyl sites for hydroxylation is 1. The number of ether oxygens (including phenoxy) is 1. The highest BCUT2D eigenvalue weighted by molar-refractivity contribution is 7.99. The Kier molecular flexibility index (Phi) is 5.27. The maximum Gasteiger partial charge on any atom is 0.340 e. The number of carbonyl (C=O) groups is 2. The van der Waals surface area contributed by atoms with E-state index < -0.39 is 5.97 Å². The summed E-state index contributed by atoms with van der Waals surface area (Å²) in [7, 11) is 0. The number of ketones is 1. The fourth-order valence-electron chi connectivity index (χ4n) is 2.51. The van der Waals surface area contributed by atoms with Gasteiger partial charge in [-0.1, -0.05) is 11.8 Å². The minimum Gasteiger partial charge on any atom is -0.462 e. The third kappa shape index (κ3) is 3.57. The van der Waals surface area contributed by atoms with Crippen LogP contribution in [0.3, 0.4) is 0 Å². The number of hydrogen-bond donors (Lipinski definition) is 1. The molecule has 3 heterocycles. The van der Waals surface area contributed by atoms with Crippen molar-refractivity contribution in [2.24, 2.45) is 0 Å². The lowest BCUT2D eigenvalue weighted by molar-refractivity contribution is 0.0525. The standard InChI is InChI=1S/C17H17N3O5S/c1-4-23-16(22)13-9(2)14(18-10(13)3)11(21)8-26-17-20-19-15(25-17)12-6-5-7-24-12/h5-7,18H,4,8H2,1-3H3. The quantitative estimate of drug-likeness (QED) is 0.380. The molecular weight excluding hydrogens is 358 g/mol. The van der Waals surface area contributed by atoms with Gasteiger partial charge in [0.05, 0.1) is 29.9 Å². The van der Waals surface area contributed by atoms with E-state index in [1.807, 2.05) is 0 Å². The zero-order valence-electron chi connectivity index (χ0n) is 14.5. The van der Waals surface area contributed by atoms with E-state index >= 15 is 0 Å². The van der Waals surface area contributed by atoms with Crippen molar-refractivity contribution in [1.82, 2.24) is 15.2 Å². The molecule has 3 aromatic heterocycles. The molecule has 136 valence electrons. The van der Waals surface area contributed by atoms with Gasteiger partial charge in [-0.05, 0) is 38.5 Å². The van der Waals surface area contributed by atoms with Crippen LogP contribution in [0.1, 0.15) is 39.0 Å². The van der Waals surface area contributed by atoms with Gasteiger partial charge in [-0.3, -0.25) is 4.79 Å². The number of thioether (sulfide) groups is 1. The van der Waals surface area contributed by atoms with Gasteiger partial charge in [-0.25, -0.2) is 4.79 Å². The maximum atomic E-state index is 12.5. The SMILES string of the molecule is CCOC(=O)c1c(C)[nH]c(C(=O)CSc2nnc(-c3ccco3)o2)c1C. The highest BCUT2D eigenvalue weighted by Crippen LogP contribution is 2.25. The molecule has 0 unspecified atom stereocenters. The van der Waals surface area contributed by atoms with Gasteiger partial charge in [-0.15, -0.1) is 10.2 Å². The first-order valence-corrected chi connectivity index (χ1v) is 8.89. The fraction of sp³-hybridized carbons (Fsp3) is 0.294. The summed E-state index contributed by atoms with van der Waals surface area (Å²) in [5.41, 5.74) is 1.96. The smallest absolute Gasteiger partial charge is 0.340 e. The van der Waals surface area contributed by atoms with E-state index in [4.69, 9.17) is 13.6 Å². The number of nitrogens with zero attached hydrogens (tertiary/aromatic N) is 2. The normalized spacial score (nSPS) is 10.9. The van der Waals surface area contributed by atoms with Crippen molar-refractivity contribution in [3.63, 3.8) is 0 Å². The molecule has 0 fully saturated rings. The molecule has 3 aromatic rings. The molecule has 0 radical (unpaired) electrons. The monoisotopic (exact) mass is 375 g/mol. The van der Waals surface area contributed by atoms with Crippen molar-refractivity contribution in [2.75, 3.05) is 12.4 Å². The third-order valence-corrected chi connectivity index (χ3v) is 4.48. The second-order valence-electron chi connectivity index (χ2n) is 5.41. The molecule has 0 aliphatic heterocycles. The van der Waals surface area contributed by atoms with Crippen LogP contribution >= 0.6 is 11.8 Å². The summed E-state index contributed by atoms with van der Waals surface area (Å²) in [6.45, 7) is 5.46. The number of esters is 1. The Hall–Kier alpha value is -2.81. The summed E-state index contributed by atoms with van der Waals surface area (Å²) in [6, 6.07) is 3.42. The lowest BCUT2D eigenvalue weighted by atomic mass is 10.1. The Morgan fingerprint density at radius 3 is 2.81 bits per heavy atom. The van der Waals surface area contributed by atoms with Crippen LogP contribution in [0.2, 0.25) is 0 Å². The highest BCUT2D eigenvalue weighted by atomic mass is 32.2. The van der Waals surface area contributed by atoms with Gasteiger partial charge in [0.25, 0.3) is 11.1 Å². The second kappa shape index (κ2) is 7.61. The van der Waals surface area contributed by atoms with Gasteiger partial charge >= 0.3 is 5.97 Å². The van der Waals surface area contributed by atoms with E-state index in [0.29, 0.717) is 28.3 Å². The molecule has 0 saturated carbocycles. The van der Waals surface area contributed by atoms with Crippen molar-refractivity contribution in [3.8, 4) is 11.7 Å².